The molecule has 1 aromatic heterocycles. The second-order valence-electron chi connectivity index (χ2n) is 6.39. The van der Waals surface area contributed by atoms with Crippen LogP contribution in [0.3, 0.4) is 0 Å². The van der Waals surface area contributed by atoms with E-state index in [4.69, 9.17) is 4.74 Å². The molecule has 0 aliphatic heterocycles. The van der Waals surface area contributed by atoms with E-state index in [2.05, 4.69) is 11.3 Å². The van der Waals surface area contributed by atoms with Crippen LogP contribution >= 0.6 is 0 Å². The lowest BCUT2D eigenvalue weighted by Crippen LogP contribution is -2.21. The first-order valence-electron chi connectivity index (χ1n) is 9.10. The summed E-state index contributed by atoms with van der Waals surface area (Å²) in [5.41, 5.74) is -0.587. The second kappa shape index (κ2) is 8.86. The van der Waals surface area contributed by atoms with Gasteiger partial charge >= 0.3 is 6.16 Å². The standard InChI is InChI=1S/C22H18F3NO4/c1-3-14(10-13-8-6-5-7-9-13)26-12-17(30-22(28)29-4-2)21(27)15-11-16(23)18(24)19(25)20(15)26/h3,5-9,11-12,14H,1,4,10H2,2H3. The average molecular weight is 417 g/mol. The molecule has 0 spiro atoms. The van der Waals surface area contributed by atoms with E-state index in [1.807, 2.05) is 30.3 Å². The Labute approximate surface area is 170 Å². The van der Waals surface area contributed by atoms with Crippen molar-refractivity contribution in [1.29, 1.82) is 0 Å². The van der Waals surface area contributed by atoms with Crippen molar-refractivity contribution in [1.82, 2.24) is 4.57 Å². The van der Waals surface area contributed by atoms with Gasteiger partial charge in [-0.15, -0.1) is 6.58 Å². The number of pyridine rings is 1. The van der Waals surface area contributed by atoms with Gasteiger partial charge in [0, 0.05) is 0 Å². The van der Waals surface area contributed by atoms with E-state index in [1.54, 1.807) is 6.92 Å². The summed E-state index contributed by atoms with van der Waals surface area (Å²) >= 11 is 0. The Balaban J connectivity index is 2.25. The van der Waals surface area contributed by atoms with Gasteiger partial charge in [-0.05, 0) is 25.0 Å². The molecule has 3 aromatic rings. The molecule has 0 aliphatic rings. The molecule has 0 amide bonds. The number of ether oxygens (including phenoxy) is 2. The fourth-order valence-corrected chi connectivity index (χ4v) is 3.12. The van der Waals surface area contributed by atoms with Gasteiger partial charge in [0.25, 0.3) is 0 Å². The molecule has 30 heavy (non-hydrogen) atoms. The summed E-state index contributed by atoms with van der Waals surface area (Å²) in [5.74, 6) is -5.27. The first-order chi connectivity index (χ1) is 14.4. The second-order valence-corrected chi connectivity index (χ2v) is 6.39. The van der Waals surface area contributed by atoms with Crippen LogP contribution in [0.4, 0.5) is 18.0 Å². The number of aromatic nitrogens is 1. The quantitative estimate of drug-likeness (QED) is 0.324. The van der Waals surface area contributed by atoms with E-state index in [9.17, 15) is 22.8 Å². The van der Waals surface area contributed by atoms with Gasteiger partial charge in [-0.3, -0.25) is 4.79 Å². The molecule has 3 rings (SSSR count). The summed E-state index contributed by atoms with van der Waals surface area (Å²) in [4.78, 5) is 24.4. The molecule has 0 bridgehead atoms. The fourth-order valence-electron chi connectivity index (χ4n) is 3.12. The van der Waals surface area contributed by atoms with Gasteiger partial charge in [-0.25, -0.2) is 18.0 Å². The largest absolute Gasteiger partial charge is 0.514 e. The number of hydrogen-bond acceptors (Lipinski definition) is 4. The van der Waals surface area contributed by atoms with E-state index in [0.717, 1.165) is 11.8 Å². The normalized spacial score (nSPS) is 11.9. The van der Waals surface area contributed by atoms with Crippen molar-refractivity contribution in [2.75, 3.05) is 6.61 Å². The van der Waals surface area contributed by atoms with Gasteiger partial charge in [0.1, 0.15) is 0 Å². The van der Waals surface area contributed by atoms with E-state index < -0.39 is 51.7 Å². The predicted molar refractivity (Wildman–Crippen MR) is 105 cm³/mol. The molecule has 0 radical (unpaired) electrons. The van der Waals surface area contributed by atoms with Crippen molar-refractivity contribution in [3.05, 3.63) is 88.5 Å². The van der Waals surface area contributed by atoms with Crippen molar-refractivity contribution in [3.63, 3.8) is 0 Å². The molecule has 1 atom stereocenters. The number of allylic oxidation sites excluding steroid dienone is 1. The highest BCUT2D eigenvalue weighted by Gasteiger charge is 2.24. The summed E-state index contributed by atoms with van der Waals surface area (Å²) in [6.07, 6.45) is 1.68. The summed E-state index contributed by atoms with van der Waals surface area (Å²) < 4.78 is 53.3. The minimum Gasteiger partial charge on any atom is -0.434 e. The maximum atomic E-state index is 14.7. The number of fused-ring (bicyclic) bond motifs is 1. The number of rotatable bonds is 6. The third kappa shape index (κ3) is 4.07. The lowest BCUT2D eigenvalue weighted by atomic mass is 10.0. The molecular formula is C22H18F3NO4. The molecule has 0 fully saturated rings. The maximum absolute atomic E-state index is 14.7. The summed E-state index contributed by atoms with van der Waals surface area (Å²) in [5, 5.41) is -0.479. The minimum atomic E-state index is -1.71. The highest BCUT2D eigenvalue weighted by atomic mass is 19.2. The smallest absolute Gasteiger partial charge is 0.434 e. The Morgan fingerprint density at radius 2 is 1.90 bits per heavy atom. The Hall–Kier alpha value is -3.55. The molecule has 0 saturated carbocycles. The lowest BCUT2D eigenvalue weighted by Gasteiger charge is -2.21. The number of hydrogen-bond donors (Lipinski definition) is 0. The lowest BCUT2D eigenvalue weighted by molar-refractivity contribution is 0.103. The number of nitrogens with zero attached hydrogens (tertiary/aromatic N) is 1. The van der Waals surface area contributed by atoms with Crippen molar-refractivity contribution in [2.45, 2.75) is 19.4 Å². The Kier molecular flexibility index (Phi) is 6.25. The average Bonchev–Trinajstić information content (AvgIpc) is 2.73. The highest BCUT2D eigenvalue weighted by Crippen LogP contribution is 2.28. The van der Waals surface area contributed by atoms with Crippen LogP contribution in [0.25, 0.3) is 10.9 Å². The first kappa shape index (κ1) is 21.2. The zero-order valence-electron chi connectivity index (χ0n) is 16.0. The number of carbonyl (C=O) groups excluding carboxylic acids is 1. The third-order valence-corrected chi connectivity index (χ3v) is 4.49. The van der Waals surface area contributed by atoms with Crippen LogP contribution in [-0.2, 0) is 11.2 Å². The molecule has 0 N–H and O–H groups in total. The van der Waals surface area contributed by atoms with Crippen LogP contribution in [0.15, 0.2) is 60.0 Å². The molecule has 2 aromatic carbocycles. The summed E-state index contributed by atoms with van der Waals surface area (Å²) in [6, 6.07) is 9.01. The van der Waals surface area contributed by atoms with Crippen molar-refractivity contribution < 1.29 is 27.4 Å². The van der Waals surface area contributed by atoms with Gasteiger partial charge in [0.05, 0.1) is 29.7 Å². The molecule has 5 nitrogen and oxygen atoms in total. The van der Waals surface area contributed by atoms with Crippen LogP contribution in [-0.4, -0.2) is 17.3 Å². The van der Waals surface area contributed by atoms with Crippen LogP contribution < -0.4 is 10.2 Å². The van der Waals surface area contributed by atoms with E-state index in [-0.39, 0.29) is 6.61 Å². The van der Waals surface area contributed by atoms with Gasteiger partial charge in [-0.1, -0.05) is 36.4 Å². The van der Waals surface area contributed by atoms with Crippen LogP contribution in [0.1, 0.15) is 18.5 Å². The number of carbonyl (C=O) groups is 1. The molecular weight excluding hydrogens is 399 g/mol. The topological polar surface area (TPSA) is 57.5 Å². The highest BCUT2D eigenvalue weighted by molar-refractivity contribution is 5.82. The Morgan fingerprint density at radius 1 is 1.20 bits per heavy atom. The van der Waals surface area contributed by atoms with E-state index >= 15 is 0 Å². The zero-order chi connectivity index (χ0) is 21.8. The van der Waals surface area contributed by atoms with Crippen LogP contribution in [0, 0.1) is 17.5 Å². The van der Waals surface area contributed by atoms with Crippen molar-refractivity contribution >= 4 is 17.1 Å². The first-order valence-corrected chi connectivity index (χ1v) is 9.10. The molecule has 0 aliphatic carbocycles. The Morgan fingerprint density at radius 3 is 2.53 bits per heavy atom. The van der Waals surface area contributed by atoms with E-state index in [1.165, 1.54) is 10.6 Å². The molecule has 8 heteroatoms. The predicted octanol–water partition coefficient (Wildman–Crippen LogP) is 4.92. The molecule has 1 heterocycles. The van der Waals surface area contributed by atoms with Crippen LogP contribution in [0.2, 0.25) is 0 Å². The molecule has 0 saturated heterocycles. The number of benzene rings is 2. The van der Waals surface area contributed by atoms with Gasteiger partial charge in [-0.2, -0.15) is 0 Å². The zero-order valence-corrected chi connectivity index (χ0v) is 16.0. The summed E-state index contributed by atoms with van der Waals surface area (Å²) in [6.45, 7) is 5.27. The summed E-state index contributed by atoms with van der Waals surface area (Å²) in [7, 11) is 0. The van der Waals surface area contributed by atoms with Gasteiger partial charge in [0.15, 0.2) is 23.2 Å². The maximum Gasteiger partial charge on any atom is 0.514 e. The van der Waals surface area contributed by atoms with Crippen LogP contribution in [0.5, 0.6) is 5.75 Å². The van der Waals surface area contributed by atoms with Crippen molar-refractivity contribution in [2.24, 2.45) is 0 Å². The van der Waals surface area contributed by atoms with E-state index in [0.29, 0.717) is 12.5 Å². The fraction of sp³-hybridized carbons (Fsp3) is 0.182. The molecule has 156 valence electrons. The Bertz CT molecular complexity index is 1160. The third-order valence-electron chi connectivity index (χ3n) is 4.49. The van der Waals surface area contributed by atoms with Gasteiger partial charge in [0.2, 0.25) is 5.43 Å². The molecule has 1 unspecified atom stereocenters. The monoisotopic (exact) mass is 417 g/mol. The minimum absolute atomic E-state index is 0.00162. The van der Waals surface area contributed by atoms with Crippen molar-refractivity contribution in [3.8, 4) is 5.75 Å². The van der Waals surface area contributed by atoms with Gasteiger partial charge < -0.3 is 14.0 Å². The number of halogens is 3. The SMILES string of the molecule is C=CC(Cc1ccccc1)n1cc(OC(=O)OCC)c(=O)c2cc(F)c(F)c(F)c21.